The first-order valence-electron chi connectivity index (χ1n) is 6.22. The van der Waals surface area contributed by atoms with Gasteiger partial charge >= 0.3 is 0 Å². The van der Waals surface area contributed by atoms with E-state index in [-0.39, 0.29) is 11.5 Å². The van der Waals surface area contributed by atoms with Gasteiger partial charge in [0.2, 0.25) is 0 Å². The fraction of sp³-hybridized carbons (Fsp3) is 0.357. The molecule has 1 aromatic heterocycles. The average Bonchev–Trinajstić information content (AvgIpc) is 2.75. The van der Waals surface area contributed by atoms with Gasteiger partial charge in [-0.05, 0) is 25.3 Å². The molecule has 1 aromatic carbocycles. The number of nitrogens with zero attached hydrogens (tertiary/aromatic N) is 1. The van der Waals surface area contributed by atoms with Crippen molar-refractivity contribution in [3.8, 4) is 0 Å². The Balaban J connectivity index is 1.84. The van der Waals surface area contributed by atoms with E-state index < -0.39 is 9.84 Å². The van der Waals surface area contributed by atoms with Crippen LogP contribution in [0, 0.1) is 6.92 Å². The highest BCUT2D eigenvalue weighted by Gasteiger charge is 2.15. The SMILES string of the molecule is Cc1cc(CS(=O)(=O)CCCc2ccccc2)on1. The van der Waals surface area contributed by atoms with Gasteiger partial charge in [0.25, 0.3) is 0 Å². The Kier molecular flexibility index (Phi) is 4.37. The molecule has 2 aromatic rings. The molecular weight excluding hydrogens is 262 g/mol. The normalized spacial score (nSPS) is 11.6. The molecule has 19 heavy (non-hydrogen) atoms. The summed E-state index contributed by atoms with van der Waals surface area (Å²) in [5, 5.41) is 3.69. The molecule has 0 bridgehead atoms. The van der Waals surface area contributed by atoms with E-state index in [2.05, 4.69) is 5.16 Å². The first-order valence-corrected chi connectivity index (χ1v) is 8.04. The van der Waals surface area contributed by atoms with Crippen LogP contribution in [-0.2, 0) is 22.0 Å². The number of benzene rings is 1. The molecule has 5 heteroatoms. The Hall–Kier alpha value is -1.62. The Bertz CT molecular complexity index is 617. The van der Waals surface area contributed by atoms with Gasteiger partial charge in [0.05, 0.1) is 11.4 Å². The van der Waals surface area contributed by atoms with E-state index >= 15 is 0 Å². The summed E-state index contributed by atoms with van der Waals surface area (Å²) >= 11 is 0. The van der Waals surface area contributed by atoms with E-state index in [0.29, 0.717) is 17.9 Å². The molecule has 0 saturated carbocycles. The van der Waals surface area contributed by atoms with Gasteiger partial charge in [-0.2, -0.15) is 0 Å². The van der Waals surface area contributed by atoms with E-state index in [1.807, 2.05) is 30.3 Å². The molecule has 0 aliphatic heterocycles. The van der Waals surface area contributed by atoms with Crippen molar-refractivity contribution in [3.63, 3.8) is 0 Å². The molecule has 0 amide bonds. The van der Waals surface area contributed by atoms with E-state index in [0.717, 1.165) is 12.0 Å². The van der Waals surface area contributed by atoms with Gasteiger partial charge in [-0.3, -0.25) is 0 Å². The summed E-state index contributed by atoms with van der Waals surface area (Å²) in [6.07, 6.45) is 1.40. The molecule has 0 unspecified atom stereocenters. The van der Waals surface area contributed by atoms with Crippen molar-refractivity contribution in [2.24, 2.45) is 0 Å². The highest BCUT2D eigenvalue weighted by Crippen LogP contribution is 2.10. The van der Waals surface area contributed by atoms with E-state index in [1.165, 1.54) is 0 Å². The fourth-order valence-electron chi connectivity index (χ4n) is 1.91. The van der Waals surface area contributed by atoms with Crippen LogP contribution >= 0.6 is 0 Å². The highest BCUT2D eigenvalue weighted by atomic mass is 32.2. The molecule has 0 fully saturated rings. The van der Waals surface area contributed by atoms with Crippen LogP contribution in [0.4, 0.5) is 0 Å². The molecule has 0 atom stereocenters. The van der Waals surface area contributed by atoms with Crippen molar-refractivity contribution in [3.05, 3.63) is 53.4 Å². The van der Waals surface area contributed by atoms with Crippen LogP contribution in [0.5, 0.6) is 0 Å². The van der Waals surface area contributed by atoms with Gasteiger partial charge in [-0.1, -0.05) is 35.5 Å². The van der Waals surface area contributed by atoms with Gasteiger partial charge in [0, 0.05) is 6.07 Å². The lowest BCUT2D eigenvalue weighted by Gasteiger charge is -2.02. The molecule has 0 radical (unpaired) electrons. The summed E-state index contributed by atoms with van der Waals surface area (Å²) in [6.45, 7) is 1.77. The summed E-state index contributed by atoms with van der Waals surface area (Å²) in [5.74, 6) is 0.516. The molecule has 102 valence electrons. The minimum Gasteiger partial charge on any atom is -0.360 e. The third-order valence-corrected chi connectivity index (χ3v) is 4.44. The number of aryl methyl sites for hydroxylation is 2. The van der Waals surface area contributed by atoms with Gasteiger partial charge in [0.15, 0.2) is 15.6 Å². The largest absolute Gasteiger partial charge is 0.360 e. The number of sulfone groups is 1. The maximum absolute atomic E-state index is 11.9. The molecule has 0 N–H and O–H groups in total. The van der Waals surface area contributed by atoms with Crippen LogP contribution < -0.4 is 0 Å². The smallest absolute Gasteiger partial charge is 0.157 e. The van der Waals surface area contributed by atoms with Crippen molar-refractivity contribution in [2.45, 2.75) is 25.5 Å². The molecule has 1 heterocycles. The number of rotatable bonds is 6. The van der Waals surface area contributed by atoms with Crippen LogP contribution in [0.2, 0.25) is 0 Å². The second-order valence-corrected chi connectivity index (χ2v) is 6.80. The molecule has 0 aliphatic carbocycles. The molecule has 0 saturated heterocycles. The third-order valence-electron chi connectivity index (χ3n) is 2.80. The van der Waals surface area contributed by atoms with Crippen LogP contribution in [0.25, 0.3) is 0 Å². The third kappa shape index (κ3) is 4.52. The van der Waals surface area contributed by atoms with Gasteiger partial charge < -0.3 is 4.52 Å². The van der Waals surface area contributed by atoms with Crippen LogP contribution in [0.1, 0.15) is 23.4 Å². The summed E-state index contributed by atoms with van der Waals surface area (Å²) in [4.78, 5) is 0. The summed E-state index contributed by atoms with van der Waals surface area (Å²) in [7, 11) is -3.13. The van der Waals surface area contributed by atoms with Crippen molar-refractivity contribution < 1.29 is 12.9 Å². The van der Waals surface area contributed by atoms with Crippen LogP contribution in [-0.4, -0.2) is 19.3 Å². The van der Waals surface area contributed by atoms with E-state index in [9.17, 15) is 8.42 Å². The van der Waals surface area contributed by atoms with Crippen molar-refractivity contribution in [1.29, 1.82) is 0 Å². The summed E-state index contributed by atoms with van der Waals surface area (Å²) < 4.78 is 28.8. The molecule has 2 rings (SSSR count). The zero-order valence-electron chi connectivity index (χ0n) is 10.9. The lowest BCUT2D eigenvalue weighted by Crippen LogP contribution is -2.09. The number of hydrogen-bond donors (Lipinski definition) is 0. The number of aromatic nitrogens is 1. The lowest BCUT2D eigenvalue weighted by atomic mass is 10.1. The topological polar surface area (TPSA) is 60.2 Å². The zero-order chi connectivity index (χ0) is 13.7. The van der Waals surface area contributed by atoms with Gasteiger partial charge in [-0.25, -0.2) is 8.42 Å². The van der Waals surface area contributed by atoms with Crippen LogP contribution in [0.15, 0.2) is 40.9 Å². The molecule has 0 aliphatic rings. The quantitative estimate of drug-likeness (QED) is 0.815. The first kappa shape index (κ1) is 13.8. The standard InChI is InChI=1S/C14H17NO3S/c1-12-10-14(18-15-12)11-19(16,17)9-5-8-13-6-3-2-4-7-13/h2-4,6-7,10H,5,8-9,11H2,1H3. The van der Waals surface area contributed by atoms with E-state index in [4.69, 9.17) is 4.52 Å². The summed E-state index contributed by atoms with van der Waals surface area (Å²) in [6, 6.07) is 11.5. The van der Waals surface area contributed by atoms with Gasteiger partial charge in [0.1, 0.15) is 5.75 Å². The van der Waals surface area contributed by atoms with Crippen LogP contribution in [0.3, 0.4) is 0 Å². The van der Waals surface area contributed by atoms with E-state index in [1.54, 1.807) is 13.0 Å². The Morgan fingerprint density at radius 3 is 2.58 bits per heavy atom. The molecule has 0 spiro atoms. The maximum Gasteiger partial charge on any atom is 0.157 e. The van der Waals surface area contributed by atoms with Crippen molar-refractivity contribution in [2.75, 3.05) is 5.75 Å². The Morgan fingerprint density at radius 2 is 1.95 bits per heavy atom. The minimum atomic E-state index is -3.13. The second kappa shape index (κ2) is 6.02. The Labute approximate surface area is 113 Å². The minimum absolute atomic E-state index is 0.0668. The lowest BCUT2D eigenvalue weighted by molar-refractivity contribution is 0.388. The maximum atomic E-state index is 11.9. The second-order valence-electron chi connectivity index (χ2n) is 4.62. The Morgan fingerprint density at radius 1 is 1.21 bits per heavy atom. The predicted octanol–water partition coefficient (Wildman–Crippen LogP) is 2.53. The molecular formula is C14H17NO3S. The highest BCUT2D eigenvalue weighted by molar-refractivity contribution is 7.90. The fourth-order valence-corrected chi connectivity index (χ4v) is 3.21. The van der Waals surface area contributed by atoms with Crippen molar-refractivity contribution >= 4 is 9.84 Å². The number of hydrogen-bond acceptors (Lipinski definition) is 4. The monoisotopic (exact) mass is 279 g/mol. The van der Waals surface area contributed by atoms with Gasteiger partial charge in [-0.15, -0.1) is 0 Å². The van der Waals surface area contributed by atoms with Crippen molar-refractivity contribution in [1.82, 2.24) is 5.16 Å². The first-order chi connectivity index (χ1) is 9.05. The summed E-state index contributed by atoms with van der Waals surface area (Å²) in [5.41, 5.74) is 1.86. The molecule has 4 nitrogen and oxygen atoms in total. The average molecular weight is 279 g/mol. The predicted molar refractivity (Wildman–Crippen MR) is 73.5 cm³/mol. The zero-order valence-corrected chi connectivity index (χ0v) is 11.7.